The molecular formula is C6H10N4. The molecule has 0 aliphatic carbocycles. The zero-order valence-electron chi connectivity index (χ0n) is 5.54. The van der Waals surface area contributed by atoms with Crippen LogP contribution < -0.4 is 11.5 Å². The summed E-state index contributed by atoms with van der Waals surface area (Å²) in [6, 6.07) is 0. The molecule has 0 fully saturated rings. The number of hydrogen-bond donors (Lipinski definition) is 3. The van der Waals surface area contributed by atoms with Gasteiger partial charge in [-0.05, 0) is 6.08 Å². The molecule has 0 atom stereocenters. The number of anilines is 1. The van der Waals surface area contributed by atoms with Crippen LogP contribution in [0.2, 0.25) is 0 Å². The van der Waals surface area contributed by atoms with Crippen LogP contribution in [0.3, 0.4) is 0 Å². The second kappa shape index (κ2) is 3.03. The maximum atomic E-state index is 5.32. The first-order valence-electron chi connectivity index (χ1n) is 3.00. The number of aromatic nitrogens is 2. The van der Waals surface area contributed by atoms with Gasteiger partial charge in [-0.15, -0.1) is 0 Å². The number of nitrogens with one attached hydrogen (secondary N) is 1. The number of H-pyrrole nitrogens is 1. The van der Waals surface area contributed by atoms with Crippen LogP contribution in [0.15, 0.2) is 12.3 Å². The van der Waals surface area contributed by atoms with Crippen LogP contribution >= 0.6 is 0 Å². The van der Waals surface area contributed by atoms with Crippen molar-refractivity contribution in [1.29, 1.82) is 0 Å². The summed E-state index contributed by atoms with van der Waals surface area (Å²) in [6.45, 7) is 0.527. The predicted octanol–water partition coefficient (Wildman–Crippen LogP) is -0.0362. The van der Waals surface area contributed by atoms with Crippen LogP contribution in [0.5, 0.6) is 0 Å². The van der Waals surface area contributed by atoms with E-state index in [0.29, 0.717) is 12.5 Å². The van der Waals surface area contributed by atoms with Crippen molar-refractivity contribution in [2.75, 3.05) is 12.3 Å². The van der Waals surface area contributed by atoms with Gasteiger partial charge in [0.15, 0.2) is 5.95 Å². The highest BCUT2D eigenvalue weighted by molar-refractivity contribution is 5.45. The molecule has 0 saturated carbocycles. The Morgan fingerprint density at radius 3 is 3.00 bits per heavy atom. The standard InChI is InChI=1S/C6H10N4/c7-3-1-2-5-4-9-6(8)10-5/h1-2,4H,3,7H2,(H3,8,9,10)/b2-1+. The van der Waals surface area contributed by atoms with Crippen molar-refractivity contribution in [1.82, 2.24) is 9.97 Å². The number of imidazole rings is 1. The number of nitrogen functional groups attached to an aromatic ring is 1. The maximum Gasteiger partial charge on any atom is 0.197 e. The normalized spacial score (nSPS) is 10.9. The first-order valence-corrected chi connectivity index (χ1v) is 3.00. The number of aromatic amines is 1. The van der Waals surface area contributed by atoms with Crippen LogP contribution in [0.4, 0.5) is 5.95 Å². The molecule has 0 saturated heterocycles. The highest BCUT2D eigenvalue weighted by Gasteiger charge is 1.88. The van der Waals surface area contributed by atoms with E-state index in [-0.39, 0.29) is 0 Å². The summed E-state index contributed by atoms with van der Waals surface area (Å²) in [4.78, 5) is 6.63. The van der Waals surface area contributed by atoms with E-state index in [1.807, 2.05) is 12.2 Å². The Hall–Kier alpha value is -1.29. The first kappa shape index (κ1) is 6.82. The molecule has 1 aromatic rings. The molecule has 0 aliphatic heterocycles. The lowest BCUT2D eigenvalue weighted by Crippen LogP contribution is -1.92. The molecule has 0 unspecified atom stereocenters. The van der Waals surface area contributed by atoms with Crippen LogP contribution in [-0.4, -0.2) is 16.5 Å². The van der Waals surface area contributed by atoms with Gasteiger partial charge in [0.25, 0.3) is 0 Å². The molecule has 5 N–H and O–H groups in total. The second-order valence-corrected chi connectivity index (χ2v) is 1.86. The van der Waals surface area contributed by atoms with Gasteiger partial charge < -0.3 is 16.5 Å². The summed E-state index contributed by atoms with van der Waals surface area (Å²) in [7, 11) is 0. The maximum absolute atomic E-state index is 5.32. The molecule has 1 aromatic heterocycles. The quantitative estimate of drug-likeness (QED) is 0.536. The van der Waals surface area contributed by atoms with Crippen molar-refractivity contribution in [3.8, 4) is 0 Å². The Labute approximate surface area is 58.9 Å². The largest absolute Gasteiger partial charge is 0.369 e. The van der Waals surface area contributed by atoms with Crippen molar-refractivity contribution in [3.05, 3.63) is 18.0 Å². The third-order valence-electron chi connectivity index (χ3n) is 1.05. The average Bonchev–Trinajstić information content (AvgIpc) is 2.31. The molecule has 0 aliphatic rings. The van der Waals surface area contributed by atoms with Crippen LogP contribution in [0, 0.1) is 0 Å². The minimum atomic E-state index is 0.427. The Morgan fingerprint density at radius 1 is 1.70 bits per heavy atom. The van der Waals surface area contributed by atoms with E-state index < -0.39 is 0 Å². The third kappa shape index (κ3) is 1.60. The number of nitrogens with two attached hydrogens (primary N) is 2. The topological polar surface area (TPSA) is 80.7 Å². The summed E-state index contributed by atoms with van der Waals surface area (Å²) in [5.41, 5.74) is 11.4. The fourth-order valence-electron chi connectivity index (χ4n) is 0.631. The molecule has 1 heterocycles. The van der Waals surface area contributed by atoms with Gasteiger partial charge in [-0.25, -0.2) is 4.98 Å². The molecule has 4 nitrogen and oxygen atoms in total. The second-order valence-electron chi connectivity index (χ2n) is 1.86. The fourth-order valence-corrected chi connectivity index (χ4v) is 0.631. The Kier molecular flexibility index (Phi) is 2.07. The van der Waals surface area contributed by atoms with Crippen LogP contribution in [-0.2, 0) is 0 Å². The zero-order valence-corrected chi connectivity index (χ0v) is 5.54. The van der Waals surface area contributed by atoms with Gasteiger partial charge in [-0.1, -0.05) is 6.08 Å². The van der Waals surface area contributed by atoms with E-state index in [4.69, 9.17) is 11.5 Å². The van der Waals surface area contributed by atoms with Gasteiger partial charge in [-0.2, -0.15) is 0 Å². The molecule has 54 valence electrons. The van der Waals surface area contributed by atoms with Gasteiger partial charge in [0.1, 0.15) is 0 Å². The molecular weight excluding hydrogens is 128 g/mol. The Balaban J connectivity index is 2.67. The van der Waals surface area contributed by atoms with Crippen LogP contribution in [0.1, 0.15) is 5.69 Å². The fraction of sp³-hybridized carbons (Fsp3) is 0.167. The number of hydrogen-bond acceptors (Lipinski definition) is 3. The van der Waals surface area contributed by atoms with Gasteiger partial charge in [0.2, 0.25) is 0 Å². The lowest BCUT2D eigenvalue weighted by atomic mass is 10.4. The highest BCUT2D eigenvalue weighted by Crippen LogP contribution is 1.98. The number of nitrogens with zero attached hydrogens (tertiary/aromatic N) is 1. The highest BCUT2D eigenvalue weighted by atomic mass is 15.0. The smallest absolute Gasteiger partial charge is 0.197 e. The third-order valence-corrected chi connectivity index (χ3v) is 1.05. The predicted molar refractivity (Wildman–Crippen MR) is 41.1 cm³/mol. The van der Waals surface area contributed by atoms with Gasteiger partial charge in [0.05, 0.1) is 11.9 Å². The van der Waals surface area contributed by atoms with E-state index >= 15 is 0 Å². The molecule has 1 rings (SSSR count). The Morgan fingerprint density at radius 2 is 2.50 bits per heavy atom. The van der Waals surface area contributed by atoms with E-state index in [1.54, 1.807) is 6.20 Å². The van der Waals surface area contributed by atoms with Gasteiger partial charge in [-0.3, -0.25) is 0 Å². The van der Waals surface area contributed by atoms with Gasteiger partial charge >= 0.3 is 0 Å². The van der Waals surface area contributed by atoms with Crippen molar-refractivity contribution in [2.24, 2.45) is 5.73 Å². The Bertz CT molecular complexity index is 225. The van der Waals surface area contributed by atoms with Gasteiger partial charge in [0, 0.05) is 6.54 Å². The molecule has 0 bridgehead atoms. The van der Waals surface area contributed by atoms with E-state index in [9.17, 15) is 0 Å². The zero-order chi connectivity index (χ0) is 7.40. The summed E-state index contributed by atoms with van der Waals surface area (Å²) in [5.74, 6) is 0.427. The van der Waals surface area contributed by atoms with Crippen LogP contribution in [0.25, 0.3) is 6.08 Å². The molecule has 0 spiro atoms. The lowest BCUT2D eigenvalue weighted by Gasteiger charge is -1.81. The van der Waals surface area contributed by atoms with Crippen molar-refractivity contribution in [2.45, 2.75) is 0 Å². The van der Waals surface area contributed by atoms with Crippen molar-refractivity contribution < 1.29 is 0 Å². The summed E-state index contributed by atoms with van der Waals surface area (Å²) >= 11 is 0. The molecule has 0 amide bonds. The first-order chi connectivity index (χ1) is 4.83. The molecule has 10 heavy (non-hydrogen) atoms. The van der Waals surface area contributed by atoms with Crippen molar-refractivity contribution in [3.63, 3.8) is 0 Å². The summed E-state index contributed by atoms with van der Waals surface area (Å²) in [5, 5.41) is 0. The minimum Gasteiger partial charge on any atom is -0.369 e. The lowest BCUT2D eigenvalue weighted by molar-refractivity contribution is 1.26. The number of rotatable bonds is 2. The molecule has 0 radical (unpaired) electrons. The van der Waals surface area contributed by atoms with Crippen molar-refractivity contribution >= 4 is 12.0 Å². The summed E-state index contributed by atoms with van der Waals surface area (Å²) in [6.07, 6.45) is 5.32. The summed E-state index contributed by atoms with van der Waals surface area (Å²) < 4.78 is 0. The van der Waals surface area contributed by atoms with E-state index in [0.717, 1.165) is 5.69 Å². The SMILES string of the molecule is NC/C=C/c1cnc(N)[nH]1. The van der Waals surface area contributed by atoms with E-state index in [2.05, 4.69) is 9.97 Å². The molecule has 0 aromatic carbocycles. The molecule has 4 heteroatoms. The van der Waals surface area contributed by atoms with E-state index in [1.165, 1.54) is 0 Å². The monoisotopic (exact) mass is 138 g/mol. The minimum absolute atomic E-state index is 0.427. The average molecular weight is 138 g/mol.